The van der Waals surface area contributed by atoms with Gasteiger partial charge in [-0.05, 0) is 77.3 Å². The van der Waals surface area contributed by atoms with E-state index in [0.717, 1.165) is 21.2 Å². The van der Waals surface area contributed by atoms with Crippen molar-refractivity contribution in [2.45, 2.75) is 13.8 Å². The fourth-order valence-corrected chi connectivity index (χ4v) is 3.92. The van der Waals surface area contributed by atoms with Gasteiger partial charge in [0.15, 0.2) is 12.2 Å². The molecule has 0 spiro atoms. The molecule has 1 N–H and O–H groups in total. The Morgan fingerprint density at radius 2 is 1.90 bits per heavy atom. The molecule has 0 fully saturated rings. The Labute approximate surface area is 176 Å². The molecule has 0 aliphatic carbocycles. The normalized spacial score (nSPS) is 10.9. The lowest BCUT2D eigenvalue weighted by atomic mass is 10.1. The third-order valence-corrected chi connectivity index (χ3v) is 5.00. The topological polar surface area (TPSA) is 64.4 Å². The fourth-order valence-electron chi connectivity index (χ4n) is 3.13. The monoisotopic (exact) mass is 450 g/mol. The summed E-state index contributed by atoms with van der Waals surface area (Å²) in [6.45, 7) is 3.87. The Morgan fingerprint density at radius 1 is 1.10 bits per heavy atom. The minimum absolute atomic E-state index is 0.0887. The summed E-state index contributed by atoms with van der Waals surface area (Å²) in [6.07, 6.45) is 0. The van der Waals surface area contributed by atoms with E-state index in [-0.39, 0.29) is 12.5 Å². The van der Waals surface area contributed by atoms with Gasteiger partial charge in [0.2, 0.25) is 5.89 Å². The third kappa shape index (κ3) is 4.32. The van der Waals surface area contributed by atoms with E-state index in [4.69, 9.17) is 9.15 Å². The Kier molecular flexibility index (Phi) is 5.36. The highest BCUT2D eigenvalue weighted by Gasteiger charge is 2.12. The molecule has 4 aromatic rings. The number of oxazole rings is 1. The van der Waals surface area contributed by atoms with Gasteiger partial charge in [0.1, 0.15) is 11.3 Å². The number of hydrogen-bond acceptors (Lipinski definition) is 4. The van der Waals surface area contributed by atoms with Gasteiger partial charge in [0, 0.05) is 11.3 Å². The number of anilines is 1. The number of carbonyl (C=O) groups is 1. The molecule has 146 valence electrons. The molecular weight excluding hydrogens is 432 g/mol. The number of rotatable bonds is 5. The van der Waals surface area contributed by atoms with Gasteiger partial charge in [0.05, 0.1) is 4.47 Å². The van der Waals surface area contributed by atoms with Crippen LogP contribution < -0.4 is 10.1 Å². The predicted octanol–water partition coefficient (Wildman–Crippen LogP) is 5.89. The number of halogens is 1. The molecule has 0 unspecified atom stereocenters. The maximum absolute atomic E-state index is 12.3. The van der Waals surface area contributed by atoms with Crippen LogP contribution >= 0.6 is 15.9 Å². The molecule has 4 rings (SSSR count). The molecule has 3 aromatic carbocycles. The van der Waals surface area contributed by atoms with Crippen LogP contribution in [0.3, 0.4) is 0 Å². The van der Waals surface area contributed by atoms with Crippen molar-refractivity contribution in [1.82, 2.24) is 4.98 Å². The Balaban J connectivity index is 1.46. The number of aryl methyl sites for hydroxylation is 2. The zero-order chi connectivity index (χ0) is 20.4. The van der Waals surface area contributed by atoms with Crippen LogP contribution in [-0.4, -0.2) is 17.5 Å². The van der Waals surface area contributed by atoms with Gasteiger partial charge in [-0.2, -0.15) is 0 Å². The number of fused-ring (bicyclic) bond motifs is 1. The summed E-state index contributed by atoms with van der Waals surface area (Å²) >= 11 is 3.49. The smallest absolute Gasteiger partial charge is 0.262 e. The summed E-state index contributed by atoms with van der Waals surface area (Å²) in [5.41, 5.74) is 4.99. The van der Waals surface area contributed by atoms with Crippen molar-refractivity contribution in [2.75, 3.05) is 11.9 Å². The third-order valence-electron chi connectivity index (χ3n) is 4.41. The summed E-state index contributed by atoms with van der Waals surface area (Å²) in [5, 5.41) is 2.84. The molecular formula is C23H19BrN2O3. The summed E-state index contributed by atoms with van der Waals surface area (Å²) in [4.78, 5) is 16.9. The Hall–Kier alpha value is -3.12. The van der Waals surface area contributed by atoms with Crippen molar-refractivity contribution in [2.24, 2.45) is 0 Å². The van der Waals surface area contributed by atoms with E-state index >= 15 is 0 Å². The second kappa shape index (κ2) is 8.09. The van der Waals surface area contributed by atoms with Crippen LogP contribution in [0, 0.1) is 13.8 Å². The van der Waals surface area contributed by atoms with E-state index in [2.05, 4.69) is 26.2 Å². The summed E-state index contributed by atoms with van der Waals surface area (Å²) in [5.74, 6) is 0.973. The molecule has 0 bridgehead atoms. The fraction of sp³-hybridized carbons (Fsp3) is 0.130. The molecule has 1 amide bonds. The molecule has 0 aliphatic rings. The highest BCUT2D eigenvalue weighted by molar-refractivity contribution is 9.10. The van der Waals surface area contributed by atoms with E-state index < -0.39 is 0 Å². The number of nitrogens with zero attached hydrogens (tertiary/aromatic N) is 1. The van der Waals surface area contributed by atoms with Gasteiger partial charge in [-0.1, -0.05) is 24.3 Å². The first-order valence-corrected chi connectivity index (χ1v) is 9.94. The highest BCUT2D eigenvalue weighted by atomic mass is 79.9. The number of benzene rings is 3. The zero-order valence-electron chi connectivity index (χ0n) is 16.0. The quantitative estimate of drug-likeness (QED) is 0.411. The van der Waals surface area contributed by atoms with Crippen molar-refractivity contribution < 1.29 is 13.9 Å². The largest absolute Gasteiger partial charge is 0.482 e. The predicted molar refractivity (Wildman–Crippen MR) is 117 cm³/mol. The molecule has 6 heteroatoms. The van der Waals surface area contributed by atoms with E-state index in [1.807, 2.05) is 56.3 Å². The number of carbonyl (C=O) groups excluding carboxylic acids is 1. The van der Waals surface area contributed by atoms with E-state index in [1.165, 1.54) is 0 Å². The Morgan fingerprint density at radius 3 is 2.66 bits per heavy atom. The van der Waals surface area contributed by atoms with Crippen molar-refractivity contribution in [3.63, 3.8) is 0 Å². The maximum atomic E-state index is 12.3. The lowest BCUT2D eigenvalue weighted by Crippen LogP contribution is -2.20. The average Bonchev–Trinajstić information content (AvgIpc) is 3.11. The SMILES string of the molecule is Cc1cc(C)c(OCC(=O)Nc2ccc3oc(-c4ccccc4)nc3c2)c(Br)c1. The van der Waals surface area contributed by atoms with Crippen LogP contribution in [-0.2, 0) is 4.79 Å². The first-order chi connectivity index (χ1) is 14.0. The number of aromatic nitrogens is 1. The average molecular weight is 451 g/mol. The lowest BCUT2D eigenvalue weighted by molar-refractivity contribution is -0.118. The molecule has 1 aromatic heterocycles. The first-order valence-electron chi connectivity index (χ1n) is 9.15. The minimum Gasteiger partial charge on any atom is -0.482 e. The van der Waals surface area contributed by atoms with Crippen molar-refractivity contribution in [3.8, 4) is 17.2 Å². The minimum atomic E-state index is -0.247. The van der Waals surface area contributed by atoms with E-state index in [9.17, 15) is 4.79 Å². The van der Waals surface area contributed by atoms with Gasteiger partial charge < -0.3 is 14.5 Å². The first kappa shape index (κ1) is 19.2. The molecule has 1 heterocycles. The van der Waals surface area contributed by atoms with Gasteiger partial charge in [-0.15, -0.1) is 0 Å². The van der Waals surface area contributed by atoms with Crippen molar-refractivity contribution in [1.29, 1.82) is 0 Å². The summed E-state index contributed by atoms with van der Waals surface area (Å²) in [7, 11) is 0. The van der Waals surface area contributed by atoms with Crippen molar-refractivity contribution >= 4 is 38.6 Å². The molecule has 0 saturated carbocycles. The number of nitrogens with one attached hydrogen (secondary N) is 1. The van der Waals surface area contributed by atoms with Crippen molar-refractivity contribution in [3.05, 3.63) is 76.3 Å². The summed E-state index contributed by atoms with van der Waals surface area (Å²) in [6, 6.07) is 19.0. The number of amides is 1. The second-order valence-corrected chi connectivity index (χ2v) is 7.65. The van der Waals surface area contributed by atoms with Gasteiger partial charge in [-0.3, -0.25) is 4.79 Å². The van der Waals surface area contributed by atoms with E-state index in [1.54, 1.807) is 18.2 Å². The molecule has 0 atom stereocenters. The van der Waals surface area contributed by atoms with Gasteiger partial charge in [0.25, 0.3) is 5.91 Å². The number of hydrogen-bond donors (Lipinski definition) is 1. The van der Waals surface area contributed by atoms with Crippen LogP contribution in [0.2, 0.25) is 0 Å². The zero-order valence-corrected chi connectivity index (χ0v) is 17.6. The Bertz CT molecular complexity index is 1160. The van der Waals surface area contributed by atoms with Crippen LogP contribution in [0.1, 0.15) is 11.1 Å². The second-order valence-electron chi connectivity index (χ2n) is 6.80. The standard InChI is InChI=1S/C23H19BrN2O3/c1-14-10-15(2)22(18(24)11-14)28-13-21(27)25-17-8-9-20-19(12-17)26-23(29-20)16-6-4-3-5-7-16/h3-12H,13H2,1-2H3,(H,25,27). The van der Waals surface area contributed by atoms with Gasteiger partial charge >= 0.3 is 0 Å². The van der Waals surface area contributed by atoms with Crippen LogP contribution in [0.5, 0.6) is 5.75 Å². The maximum Gasteiger partial charge on any atom is 0.262 e. The lowest BCUT2D eigenvalue weighted by Gasteiger charge is -2.12. The van der Waals surface area contributed by atoms with Gasteiger partial charge in [-0.25, -0.2) is 4.98 Å². The molecule has 0 saturated heterocycles. The van der Waals surface area contributed by atoms with E-state index in [0.29, 0.717) is 28.4 Å². The molecule has 29 heavy (non-hydrogen) atoms. The van der Waals surface area contributed by atoms with Crippen LogP contribution in [0.4, 0.5) is 5.69 Å². The number of ether oxygens (including phenoxy) is 1. The molecule has 0 radical (unpaired) electrons. The highest BCUT2D eigenvalue weighted by Crippen LogP contribution is 2.30. The molecule has 0 aliphatic heterocycles. The molecule has 5 nitrogen and oxygen atoms in total. The van der Waals surface area contributed by atoms with Crippen LogP contribution in [0.15, 0.2) is 69.6 Å². The van der Waals surface area contributed by atoms with Crippen LogP contribution in [0.25, 0.3) is 22.6 Å². The summed E-state index contributed by atoms with van der Waals surface area (Å²) < 4.78 is 12.3.